The first-order valence-electron chi connectivity index (χ1n) is 5.34. The Labute approximate surface area is 91.5 Å². The molecule has 0 fully saturated rings. The average Bonchev–Trinajstić information content (AvgIpc) is 2.19. The van der Waals surface area contributed by atoms with Gasteiger partial charge in [-0.25, -0.2) is 9.97 Å². The number of aryl methyl sites for hydroxylation is 1. The zero-order valence-electron chi connectivity index (χ0n) is 9.96. The summed E-state index contributed by atoms with van der Waals surface area (Å²) in [6.07, 6.45) is 1.88. The first-order valence-corrected chi connectivity index (χ1v) is 5.34. The molecule has 0 atom stereocenters. The standard InChI is InChI=1S/C11H20N4/c1-8(2)5-13-11-14-7-10(6-12-4)9(3)15-11/h7-8,12H,5-6H2,1-4H3,(H,13,14,15). The van der Waals surface area contributed by atoms with E-state index in [1.54, 1.807) is 0 Å². The second-order valence-electron chi connectivity index (χ2n) is 4.11. The van der Waals surface area contributed by atoms with Gasteiger partial charge in [-0.05, 0) is 19.9 Å². The summed E-state index contributed by atoms with van der Waals surface area (Å²) in [4.78, 5) is 8.67. The maximum atomic E-state index is 4.40. The molecule has 0 spiro atoms. The molecule has 0 saturated heterocycles. The normalized spacial score (nSPS) is 10.7. The van der Waals surface area contributed by atoms with E-state index < -0.39 is 0 Å². The van der Waals surface area contributed by atoms with Crippen molar-refractivity contribution in [1.82, 2.24) is 15.3 Å². The fourth-order valence-electron chi connectivity index (χ4n) is 1.24. The van der Waals surface area contributed by atoms with Crippen molar-refractivity contribution < 1.29 is 0 Å². The summed E-state index contributed by atoms with van der Waals surface area (Å²) in [7, 11) is 1.92. The molecule has 4 heteroatoms. The highest BCUT2D eigenvalue weighted by Crippen LogP contribution is 2.07. The Morgan fingerprint density at radius 3 is 2.67 bits per heavy atom. The van der Waals surface area contributed by atoms with Gasteiger partial charge >= 0.3 is 0 Å². The molecule has 1 aromatic heterocycles. The van der Waals surface area contributed by atoms with Crippen LogP contribution in [-0.4, -0.2) is 23.6 Å². The molecule has 0 aliphatic carbocycles. The number of hydrogen-bond acceptors (Lipinski definition) is 4. The van der Waals surface area contributed by atoms with Crippen molar-refractivity contribution in [3.63, 3.8) is 0 Å². The van der Waals surface area contributed by atoms with Crippen molar-refractivity contribution in [2.24, 2.45) is 5.92 Å². The summed E-state index contributed by atoms with van der Waals surface area (Å²) in [5.74, 6) is 1.33. The Balaban J connectivity index is 2.64. The molecule has 1 aromatic rings. The molecule has 2 N–H and O–H groups in total. The largest absolute Gasteiger partial charge is 0.354 e. The summed E-state index contributed by atoms with van der Waals surface area (Å²) < 4.78 is 0. The first kappa shape index (κ1) is 11.9. The van der Waals surface area contributed by atoms with Crippen LogP contribution in [0.1, 0.15) is 25.1 Å². The summed E-state index contributed by atoms with van der Waals surface area (Å²) in [6.45, 7) is 8.06. The first-order chi connectivity index (χ1) is 7.13. The number of rotatable bonds is 5. The lowest BCUT2D eigenvalue weighted by Crippen LogP contribution is -2.13. The minimum Gasteiger partial charge on any atom is -0.354 e. The lowest BCUT2D eigenvalue weighted by atomic mass is 10.2. The van der Waals surface area contributed by atoms with E-state index in [-0.39, 0.29) is 0 Å². The summed E-state index contributed by atoms with van der Waals surface area (Å²) in [5.41, 5.74) is 2.18. The summed E-state index contributed by atoms with van der Waals surface area (Å²) in [6, 6.07) is 0. The van der Waals surface area contributed by atoms with Gasteiger partial charge in [0.2, 0.25) is 5.95 Å². The molecular weight excluding hydrogens is 188 g/mol. The number of aromatic nitrogens is 2. The Morgan fingerprint density at radius 2 is 2.13 bits per heavy atom. The van der Waals surface area contributed by atoms with Crippen molar-refractivity contribution in [3.05, 3.63) is 17.5 Å². The van der Waals surface area contributed by atoms with Gasteiger partial charge in [0, 0.05) is 30.5 Å². The van der Waals surface area contributed by atoms with Crippen molar-refractivity contribution in [2.75, 3.05) is 18.9 Å². The monoisotopic (exact) mass is 208 g/mol. The molecule has 0 unspecified atom stereocenters. The van der Waals surface area contributed by atoms with Gasteiger partial charge in [-0.2, -0.15) is 0 Å². The molecule has 15 heavy (non-hydrogen) atoms. The Bertz CT molecular complexity index is 309. The van der Waals surface area contributed by atoms with E-state index >= 15 is 0 Å². The molecule has 0 amide bonds. The van der Waals surface area contributed by atoms with Gasteiger partial charge in [-0.3, -0.25) is 0 Å². The van der Waals surface area contributed by atoms with Gasteiger partial charge < -0.3 is 10.6 Å². The Morgan fingerprint density at radius 1 is 1.40 bits per heavy atom. The molecule has 0 saturated carbocycles. The fraction of sp³-hybridized carbons (Fsp3) is 0.636. The highest BCUT2D eigenvalue weighted by Gasteiger charge is 2.02. The van der Waals surface area contributed by atoms with Crippen LogP contribution in [0.2, 0.25) is 0 Å². The van der Waals surface area contributed by atoms with Gasteiger partial charge in [-0.15, -0.1) is 0 Å². The van der Waals surface area contributed by atoms with E-state index in [9.17, 15) is 0 Å². The predicted octanol–water partition coefficient (Wildman–Crippen LogP) is 1.57. The highest BCUT2D eigenvalue weighted by molar-refractivity contribution is 5.28. The molecule has 0 radical (unpaired) electrons. The van der Waals surface area contributed by atoms with Crippen LogP contribution in [-0.2, 0) is 6.54 Å². The number of anilines is 1. The van der Waals surface area contributed by atoms with Crippen LogP contribution in [0.4, 0.5) is 5.95 Å². The quantitative estimate of drug-likeness (QED) is 0.771. The maximum Gasteiger partial charge on any atom is 0.222 e. The van der Waals surface area contributed by atoms with Gasteiger partial charge in [0.05, 0.1) is 0 Å². The van der Waals surface area contributed by atoms with Crippen LogP contribution in [0, 0.1) is 12.8 Å². The fourth-order valence-corrected chi connectivity index (χ4v) is 1.24. The smallest absolute Gasteiger partial charge is 0.222 e. The van der Waals surface area contributed by atoms with Crippen LogP contribution >= 0.6 is 0 Å². The lowest BCUT2D eigenvalue weighted by Gasteiger charge is -2.09. The highest BCUT2D eigenvalue weighted by atomic mass is 15.1. The second kappa shape index (κ2) is 5.66. The molecule has 0 aliphatic heterocycles. The lowest BCUT2D eigenvalue weighted by molar-refractivity contribution is 0.683. The molecule has 1 rings (SSSR count). The molecule has 0 bridgehead atoms. The van der Waals surface area contributed by atoms with Gasteiger partial charge in [0.15, 0.2) is 0 Å². The third kappa shape index (κ3) is 3.83. The number of hydrogen-bond donors (Lipinski definition) is 2. The van der Waals surface area contributed by atoms with Crippen LogP contribution in [0.5, 0.6) is 0 Å². The zero-order valence-corrected chi connectivity index (χ0v) is 9.96. The van der Waals surface area contributed by atoms with Gasteiger partial charge in [-0.1, -0.05) is 13.8 Å². The van der Waals surface area contributed by atoms with E-state index in [0.717, 1.165) is 30.3 Å². The van der Waals surface area contributed by atoms with Crippen molar-refractivity contribution in [1.29, 1.82) is 0 Å². The van der Waals surface area contributed by atoms with E-state index in [2.05, 4.69) is 34.4 Å². The van der Waals surface area contributed by atoms with E-state index in [1.165, 1.54) is 0 Å². The van der Waals surface area contributed by atoms with E-state index in [0.29, 0.717) is 5.92 Å². The topological polar surface area (TPSA) is 49.8 Å². The van der Waals surface area contributed by atoms with Crippen LogP contribution in [0.15, 0.2) is 6.20 Å². The predicted molar refractivity (Wildman–Crippen MR) is 62.9 cm³/mol. The Kier molecular flexibility index (Phi) is 4.49. The minimum atomic E-state index is 0.603. The SMILES string of the molecule is CNCc1cnc(NCC(C)C)nc1C. The van der Waals surface area contributed by atoms with Crippen LogP contribution < -0.4 is 10.6 Å². The Hall–Kier alpha value is -1.16. The van der Waals surface area contributed by atoms with Crippen molar-refractivity contribution >= 4 is 5.95 Å². The van der Waals surface area contributed by atoms with E-state index in [1.807, 2.05) is 20.2 Å². The zero-order chi connectivity index (χ0) is 11.3. The second-order valence-corrected chi connectivity index (χ2v) is 4.11. The van der Waals surface area contributed by atoms with Crippen molar-refractivity contribution in [2.45, 2.75) is 27.3 Å². The van der Waals surface area contributed by atoms with Crippen LogP contribution in [0.3, 0.4) is 0 Å². The molecule has 0 aliphatic rings. The number of nitrogens with one attached hydrogen (secondary N) is 2. The molecule has 84 valence electrons. The minimum absolute atomic E-state index is 0.603. The van der Waals surface area contributed by atoms with Crippen molar-refractivity contribution in [3.8, 4) is 0 Å². The molecule has 4 nitrogen and oxygen atoms in total. The third-order valence-electron chi connectivity index (χ3n) is 2.12. The van der Waals surface area contributed by atoms with E-state index in [4.69, 9.17) is 0 Å². The maximum absolute atomic E-state index is 4.40. The molecule has 1 heterocycles. The molecule has 0 aromatic carbocycles. The third-order valence-corrected chi connectivity index (χ3v) is 2.12. The summed E-state index contributed by atoms with van der Waals surface area (Å²) in [5, 5.41) is 6.31. The van der Waals surface area contributed by atoms with Gasteiger partial charge in [0.1, 0.15) is 0 Å². The average molecular weight is 208 g/mol. The van der Waals surface area contributed by atoms with Crippen LogP contribution in [0.25, 0.3) is 0 Å². The summed E-state index contributed by atoms with van der Waals surface area (Å²) >= 11 is 0. The number of nitrogens with zero attached hydrogens (tertiary/aromatic N) is 2. The molecular formula is C11H20N4. The van der Waals surface area contributed by atoms with Gasteiger partial charge in [0.25, 0.3) is 0 Å².